The molecule has 2 aliphatic carbocycles. The highest BCUT2D eigenvalue weighted by molar-refractivity contribution is 5.52. The molecule has 2 aliphatic rings. The third-order valence-corrected chi connectivity index (χ3v) is 5.20. The molecule has 0 aromatic carbocycles. The Kier molecular flexibility index (Phi) is 3.42. The molecule has 0 aromatic rings. The molecule has 2 saturated carbocycles. The van der Waals surface area contributed by atoms with E-state index in [-0.39, 0.29) is 5.92 Å². The zero-order valence-corrected chi connectivity index (χ0v) is 11.0. The highest BCUT2D eigenvalue weighted by Gasteiger charge is 2.44. The molecule has 0 saturated heterocycles. The zero-order valence-electron chi connectivity index (χ0n) is 11.0. The lowest BCUT2D eigenvalue weighted by atomic mass is 9.67. The molecule has 1 heteroatoms. The normalized spacial score (nSPS) is 39.1. The fourth-order valence-electron chi connectivity index (χ4n) is 4.16. The van der Waals surface area contributed by atoms with E-state index in [1.807, 2.05) is 0 Å². The van der Waals surface area contributed by atoms with E-state index < -0.39 is 0 Å². The molecule has 0 spiro atoms. The minimum atomic E-state index is 0.270. The Morgan fingerprint density at radius 2 is 2.06 bits per heavy atom. The second kappa shape index (κ2) is 4.50. The second-order valence-electron chi connectivity index (χ2n) is 6.92. The number of aldehydes is 1. The van der Waals surface area contributed by atoms with Crippen molar-refractivity contribution in [2.24, 2.45) is 29.1 Å². The fraction of sp³-hybridized carbons (Fsp3) is 0.933. The minimum Gasteiger partial charge on any atom is -0.303 e. The van der Waals surface area contributed by atoms with Crippen LogP contribution in [0.1, 0.15) is 59.3 Å². The van der Waals surface area contributed by atoms with Crippen LogP contribution in [0.2, 0.25) is 0 Å². The largest absolute Gasteiger partial charge is 0.303 e. The molecule has 0 bridgehead atoms. The second-order valence-corrected chi connectivity index (χ2v) is 6.92. The maximum absolute atomic E-state index is 10.7. The van der Waals surface area contributed by atoms with Gasteiger partial charge in [-0.15, -0.1) is 0 Å². The summed E-state index contributed by atoms with van der Waals surface area (Å²) in [5, 5.41) is 0. The van der Waals surface area contributed by atoms with Crippen molar-refractivity contribution < 1.29 is 4.79 Å². The summed E-state index contributed by atoms with van der Waals surface area (Å²) in [6.07, 6.45) is 9.30. The average Bonchev–Trinajstić information content (AvgIpc) is 2.55. The van der Waals surface area contributed by atoms with Gasteiger partial charge in [-0.05, 0) is 55.3 Å². The predicted octanol–water partition coefficient (Wildman–Crippen LogP) is 4.06. The maximum atomic E-state index is 10.7. The summed E-state index contributed by atoms with van der Waals surface area (Å²) in [5.41, 5.74) is 0.563. The lowest BCUT2D eigenvalue weighted by Crippen LogP contribution is -2.30. The monoisotopic (exact) mass is 222 g/mol. The Balaban J connectivity index is 1.95. The fourth-order valence-corrected chi connectivity index (χ4v) is 4.16. The molecule has 4 unspecified atom stereocenters. The van der Waals surface area contributed by atoms with Crippen LogP contribution < -0.4 is 0 Å². The maximum Gasteiger partial charge on any atom is 0.122 e. The molecule has 0 aromatic heterocycles. The van der Waals surface area contributed by atoms with Crippen molar-refractivity contribution in [2.45, 2.75) is 59.3 Å². The van der Waals surface area contributed by atoms with Crippen LogP contribution in [0.4, 0.5) is 0 Å². The number of fused-ring (bicyclic) bond motifs is 1. The van der Waals surface area contributed by atoms with Crippen LogP contribution in [0.3, 0.4) is 0 Å². The summed E-state index contributed by atoms with van der Waals surface area (Å²) < 4.78 is 0. The van der Waals surface area contributed by atoms with Gasteiger partial charge in [0.05, 0.1) is 0 Å². The number of hydrogen-bond donors (Lipinski definition) is 0. The van der Waals surface area contributed by atoms with Gasteiger partial charge in [-0.25, -0.2) is 0 Å². The van der Waals surface area contributed by atoms with Crippen molar-refractivity contribution in [2.75, 3.05) is 0 Å². The lowest BCUT2D eigenvalue weighted by Gasteiger charge is -2.38. The third kappa shape index (κ3) is 2.33. The van der Waals surface area contributed by atoms with Gasteiger partial charge in [-0.2, -0.15) is 0 Å². The summed E-state index contributed by atoms with van der Waals surface area (Å²) in [5.74, 6) is 3.02. The minimum absolute atomic E-state index is 0.270. The summed E-state index contributed by atoms with van der Waals surface area (Å²) >= 11 is 0. The van der Waals surface area contributed by atoms with Crippen molar-refractivity contribution >= 4 is 6.29 Å². The highest BCUT2D eigenvalue weighted by atomic mass is 16.1. The predicted molar refractivity (Wildman–Crippen MR) is 67.2 cm³/mol. The first-order chi connectivity index (χ1) is 7.53. The van der Waals surface area contributed by atoms with Crippen LogP contribution in [0.5, 0.6) is 0 Å². The number of carbonyl (C=O) groups excluding carboxylic acids is 1. The molecule has 0 N–H and O–H groups in total. The summed E-state index contributed by atoms with van der Waals surface area (Å²) in [7, 11) is 0. The molecular weight excluding hydrogens is 196 g/mol. The van der Waals surface area contributed by atoms with Crippen LogP contribution in [0.25, 0.3) is 0 Å². The molecule has 0 amide bonds. The van der Waals surface area contributed by atoms with Gasteiger partial charge in [0.25, 0.3) is 0 Å². The molecule has 0 aliphatic heterocycles. The summed E-state index contributed by atoms with van der Waals surface area (Å²) in [4.78, 5) is 10.7. The van der Waals surface area contributed by atoms with E-state index in [0.29, 0.717) is 5.41 Å². The van der Waals surface area contributed by atoms with Gasteiger partial charge >= 0.3 is 0 Å². The van der Waals surface area contributed by atoms with Crippen molar-refractivity contribution in [3.8, 4) is 0 Å². The Morgan fingerprint density at radius 3 is 2.75 bits per heavy atom. The smallest absolute Gasteiger partial charge is 0.122 e. The third-order valence-electron chi connectivity index (χ3n) is 5.20. The van der Waals surface area contributed by atoms with Crippen LogP contribution in [-0.2, 0) is 4.79 Å². The van der Waals surface area contributed by atoms with Gasteiger partial charge in [0.2, 0.25) is 0 Å². The average molecular weight is 222 g/mol. The van der Waals surface area contributed by atoms with Crippen molar-refractivity contribution in [3.05, 3.63) is 0 Å². The van der Waals surface area contributed by atoms with Crippen LogP contribution in [-0.4, -0.2) is 6.29 Å². The van der Waals surface area contributed by atoms with E-state index in [0.717, 1.165) is 30.5 Å². The van der Waals surface area contributed by atoms with Gasteiger partial charge < -0.3 is 4.79 Å². The van der Waals surface area contributed by atoms with Crippen molar-refractivity contribution in [1.82, 2.24) is 0 Å². The summed E-state index contributed by atoms with van der Waals surface area (Å²) in [6.45, 7) is 6.96. The first-order valence-corrected chi connectivity index (χ1v) is 6.98. The van der Waals surface area contributed by atoms with E-state index in [2.05, 4.69) is 20.8 Å². The van der Waals surface area contributed by atoms with Crippen LogP contribution >= 0.6 is 0 Å². The first-order valence-electron chi connectivity index (χ1n) is 6.98. The number of rotatable bonds is 3. The van der Waals surface area contributed by atoms with Crippen LogP contribution in [0.15, 0.2) is 0 Å². The standard InChI is InChI=1S/C15H26O/c1-11(10-16)8-12-4-5-13-6-7-15(2,3)14(13)9-12/h10-14H,4-9H2,1-3H3. The lowest BCUT2D eigenvalue weighted by molar-refractivity contribution is -0.111. The zero-order chi connectivity index (χ0) is 11.8. The first kappa shape index (κ1) is 12.1. The van der Waals surface area contributed by atoms with Gasteiger partial charge in [0.15, 0.2) is 0 Å². The Hall–Kier alpha value is -0.330. The van der Waals surface area contributed by atoms with Gasteiger partial charge in [0.1, 0.15) is 6.29 Å². The Morgan fingerprint density at radius 1 is 1.31 bits per heavy atom. The summed E-state index contributed by atoms with van der Waals surface area (Å²) in [6, 6.07) is 0. The molecule has 0 radical (unpaired) electrons. The topological polar surface area (TPSA) is 17.1 Å². The highest BCUT2D eigenvalue weighted by Crippen LogP contribution is 2.54. The molecule has 2 rings (SSSR count). The number of hydrogen-bond acceptors (Lipinski definition) is 1. The Bertz CT molecular complexity index is 256. The molecule has 2 fully saturated rings. The van der Waals surface area contributed by atoms with E-state index in [4.69, 9.17) is 0 Å². The quantitative estimate of drug-likeness (QED) is 0.658. The van der Waals surface area contributed by atoms with E-state index in [1.54, 1.807) is 0 Å². The SMILES string of the molecule is CC(C=O)CC1CCC2CCC(C)(C)C2C1. The van der Waals surface area contributed by atoms with Crippen LogP contribution in [0, 0.1) is 29.1 Å². The number of carbonyl (C=O) groups is 1. The molecule has 4 atom stereocenters. The van der Waals surface area contributed by atoms with E-state index in [1.165, 1.54) is 32.1 Å². The molecular formula is C15H26O. The van der Waals surface area contributed by atoms with E-state index in [9.17, 15) is 4.79 Å². The van der Waals surface area contributed by atoms with Gasteiger partial charge in [-0.3, -0.25) is 0 Å². The Labute approximate surface area is 100.0 Å². The van der Waals surface area contributed by atoms with Crippen molar-refractivity contribution in [3.63, 3.8) is 0 Å². The van der Waals surface area contributed by atoms with E-state index >= 15 is 0 Å². The van der Waals surface area contributed by atoms with Crippen molar-refractivity contribution in [1.29, 1.82) is 0 Å². The molecule has 0 heterocycles. The molecule has 92 valence electrons. The van der Waals surface area contributed by atoms with Gasteiger partial charge in [-0.1, -0.05) is 27.2 Å². The van der Waals surface area contributed by atoms with Gasteiger partial charge in [0, 0.05) is 5.92 Å². The molecule has 16 heavy (non-hydrogen) atoms. The molecule has 1 nitrogen and oxygen atoms in total.